The van der Waals surface area contributed by atoms with Crippen molar-refractivity contribution in [2.75, 3.05) is 31.5 Å². The quantitative estimate of drug-likeness (QED) is 0.696. The summed E-state index contributed by atoms with van der Waals surface area (Å²) in [6.45, 7) is 3.85. The molecule has 1 saturated heterocycles. The second kappa shape index (κ2) is 9.14. The van der Waals surface area contributed by atoms with Crippen LogP contribution in [0.1, 0.15) is 50.1 Å². The Labute approximate surface area is 195 Å². The molecular weight excluding hydrogens is 438 g/mol. The van der Waals surface area contributed by atoms with Crippen LogP contribution in [0.4, 0.5) is 5.69 Å². The Morgan fingerprint density at radius 2 is 1.76 bits per heavy atom. The predicted octanol–water partition coefficient (Wildman–Crippen LogP) is 3.66. The van der Waals surface area contributed by atoms with Gasteiger partial charge in [-0.05, 0) is 67.5 Å². The molecule has 178 valence electrons. The van der Waals surface area contributed by atoms with Crippen LogP contribution in [-0.4, -0.2) is 44.6 Å². The highest BCUT2D eigenvalue weighted by atomic mass is 32.2. The summed E-state index contributed by atoms with van der Waals surface area (Å²) in [5.41, 5.74) is 0.894. The molecule has 1 aromatic carbocycles. The molecule has 1 N–H and O–H groups in total. The lowest BCUT2D eigenvalue weighted by Gasteiger charge is -2.44. The topological polar surface area (TPSA) is 80.6 Å². The van der Waals surface area contributed by atoms with E-state index in [-0.39, 0.29) is 16.1 Å². The first-order valence-corrected chi connectivity index (χ1v) is 13.5. The Morgan fingerprint density at radius 1 is 1.00 bits per heavy atom. The van der Waals surface area contributed by atoms with Gasteiger partial charge in [0.1, 0.15) is 11.4 Å². The Kier molecular flexibility index (Phi) is 6.22. The van der Waals surface area contributed by atoms with E-state index in [9.17, 15) is 13.2 Å². The highest BCUT2D eigenvalue weighted by molar-refractivity contribution is 7.92. The van der Waals surface area contributed by atoms with E-state index < -0.39 is 10.0 Å². The zero-order valence-corrected chi connectivity index (χ0v) is 20.0. The van der Waals surface area contributed by atoms with Gasteiger partial charge in [-0.2, -0.15) is 0 Å². The Balaban J connectivity index is 1.34. The molecule has 8 heteroatoms. The summed E-state index contributed by atoms with van der Waals surface area (Å²) in [4.78, 5) is 16.0. The van der Waals surface area contributed by atoms with E-state index in [1.165, 1.54) is 57.9 Å². The molecule has 33 heavy (non-hydrogen) atoms. The zero-order valence-electron chi connectivity index (χ0n) is 19.2. The van der Waals surface area contributed by atoms with Crippen molar-refractivity contribution in [1.82, 2.24) is 9.47 Å². The maximum absolute atomic E-state index is 13.3. The number of aromatic nitrogens is 1. The first-order chi connectivity index (χ1) is 15.9. The normalized spacial score (nSPS) is 23.7. The summed E-state index contributed by atoms with van der Waals surface area (Å²) in [7, 11) is -2.33. The van der Waals surface area contributed by atoms with Gasteiger partial charge in [0.15, 0.2) is 0 Å². The molecule has 2 fully saturated rings. The van der Waals surface area contributed by atoms with E-state index >= 15 is 0 Å². The smallest absolute Gasteiger partial charge is 0.275 e. The molecule has 2 aliphatic heterocycles. The van der Waals surface area contributed by atoms with E-state index in [2.05, 4.69) is 9.62 Å². The van der Waals surface area contributed by atoms with Crippen molar-refractivity contribution in [3.8, 4) is 5.75 Å². The third-order valence-electron chi connectivity index (χ3n) is 7.54. The standard InChI is InChI=1S/C25H33N3O4S/c1-32-21-7-9-22(10-8-21)33(30,31)26-23-11-12-24-20-13-19(16-28(24)25(23)29)15-27(17-20)14-18-5-3-2-4-6-18/h7-12,18-20,26H,2-6,13-17H2,1H3/t19-,20+/m0/s1. The highest BCUT2D eigenvalue weighted by Gasteiger charge is 2.36. The van der Waals surface area contributed by atoms with Crippen LogP contribution in [0.15, 0.2) is 46.1 Å². The molecule has 5 rings (SSSR count). The van der Waals surface area contributed by atoms with Crippen LogP contribution in [0, 0.1) is 11.8 Å². The van der Waals surface area contributed by atoms with Crippen molar-refractivity contribution in [2.45, 2.75) is 55.9 Å². The largest absolute Gasteiger partial charge is 0.497 e. The van der Waals surface area contributed by atoms with Crippen LogP contribution >= 0.6 is 0 Å². The molecule has 7 nitrogen and oxygen atoms in total. The van der Waals surface area contributed by atoms with Gasteiger partial charge in [0.25, 0.3) is 15.6 Å². The second-order valence-corrected chi connectivity index (χ2v) is 11.6. The van der Waals surface area contributed by atoms with Gasteiger partial charge < -0.3 is 14.2 Å². The molecule has 1 aromatic heterocycles. The Morgan fingerprint density at radius 3 is 2.48 bits per heavy atom. The van der Waals surface area contributed by atoms with Crippen LogP contribution in [0.3, 0.4) is 0 Å². The zero-order chi connectivity index (χ0) is 23.0. The fourth-order valence-corrected chi connectivity index (χ4v) is 7.02. The number of pyridine rings is 1. The molecule has 3 heterocycles. The fourth-order valence-electron chi connectivity index (χ4n) is 5.97. The van der Waals surface area contributed by atoms with Gasteiger partial charge in [0, 0.05) is 37.8 Å². The van der Waals surface area contributed by atoms with E-state index in [0.29, 0.717) is 24.1 Å². The second-order valence-electron chi connectivity index (χ2n) is 9.89. The first-order valence-electron chi connectivity index (χ1n) is 12.1. The minimum atomic E-state index is -3.86. The minimum absolute atomic E-state index is 0.0978. The molecule has 0 unspecified atom stereocenters. The number of likely N-dealkylation sites (tertiary alicyclic amines) is 1. The number of benzene rings is 1. The van der Waals surface area contributed by atoms with Gasteiger partial charge >= 0.3 is 0 Å². The van der Waals surface area contributed by atoms with Gasteiger partial charge in [0.05, 0.1) is 12.0 Å². The van der Waals surface area contributed by atoms with E-state index in [0.717, 1.165) is 31.1 Å². The summed E-state index contributed by atoms with van der Waals surface area (Å²) in [6.07, 6.45) is 7.90. The van der Waals surface area contributed by atoms with Gasteiger partial charge in [-0.25, -0.2) is 8.42 Å². The fraction of sp³-hybridized carbons (Fsp3) is 0.560. The molecule has 2 aromatic rings. The summed E-state index contributed by atoms with van der Waals surface area (Å²) in [5, 5.41) is 0. The van der Waals surface area contributed by atoms with Crippen LogP contribution in [0.2, 0.25) is 0 Å². The molecule has 0 amide bonds. The van der Waals surface area contributed by atoms with Crippen LogP contribution in [-0.2, 0) is 16.6 Å². The molecule has 2 atom stereocenters. The number of fused-ring (bicyclic) bond motifs is 4. The lowest BCUT2D eigenvalue weighted by Crippen LogP contribution is -2.48. The van der Waals surface area contributed by atoms with Crippen molar-refractivity contribution < 1.29 is 13.2 Å². The molecule has 0 spiro atoms. The third-order valence-corrected chi connectivity index (χ3v) is 8.92. The predicted molar refractivity (Wildman–Crippen MR) is 128 cm³/mol. The number of ether oxygens (including phenoxy) is 1. The van der Waals surface area contributed by atoms with E-state index in [1.807, 2.05) is 10.6 Å². The summed E-state index contributed by atoms with van der Waals surface area (Å²) >= 11 is 0. The van der Waals surface area contributed by atoms with Gasteiger partial charge in [-0.1, -0.05) is 19.3 Å². The maximum atomic E-state index is 13.3. The Hall–Kier alpha value is -2.32. The van der Waals surface area contributed by atoms with Gasteiger partial charge in [-0.15, -0.1) is 0 Å². The SMILES string of the molecule is COc1ccc(S(=O)(=O)Nc2ccc3n(c2=O)C[C@H]2C[C@@H]3CN(CC3CCCCC3)C2)cc1. The number of hydrogen-bond donors (Lipinski definition) is 1. The van der Waals surface area contributed by atoms with Gasteiger partial charge in [0.2, 0.25) is 0 Å². The third kappa shape index (κ3) is 4.68. The average molecular weight is 472 g/mol. The number of sulfonamides is 1. The number of nitrogens with one attached hydrogen (secondary N) is 1. The average Bonchev–Trinajstić information content (AvgIpc) is 2.82. The van der Waals surface area contributed by atoms with Crippen LogP contribution in [0.5, 0.6) is 5.75 Å². The summed E-state index contributed by atoms with van der Waals surface area (Å²) in [6, 6.07) is 9.71. The van der Waals surface area contributed by atoms with Gasteiger partial charge in [-0.3, -0.25) is 9.52 Å². The lowest BCUT2D eigenvalue weighted by atomic mass is 9.81. The van der Waals surface area contributed by atoms with Crippen molar-refractivity contribution >= 4 is 15.7 Å². The molecule has 0 radical (unpaired) electrons. The molecular formula is C25H33N3O4S. The minimum Gasteiger partial charge on any atom is -0.497 e. The molecule has 3 aliphatic rings. The number of anilines is 1. The van der Waals surface area contributed by atoms with Crippen molar-refractivity contribution in [2.24, 2.45) is 11.8 Å². The highest BCUT2D eigenvalue weighted by Crippen LogP contribution is 2.36. The number of methoxy groups -OCH3 is 1. The molecule has 2 bridgehead atoms. The van der Waals surface area contributed by atoms with Crippen molar-refractivity contribution in [3.05, 3.63) is 52.4 Å². The molecule has 1 aliphatic carbocycles. The van der Waals surface area contributed by atoms with Crippen LogP contribution < -0.4 is 15.0 Å². The summed E-state index contributed by atoms with van der Waals surface area (Å²) in [5.74, 6) is 2.16. The maximum Gasteiger partial charge on any atom is 0.275 e. The van der Waals surface area contributed by atoms with E-state index in [1.54, 1.807) is 18.2 Å². The monoisotopic (exact) mass is 471 g/mol. The number of piperidine rings is 1. The number of nitrogens with zero attached hydrogens (tertiary/aromatic N) is 2. The Bertz CT molecular complexity index is 1150. The van der Waals surface area contributed by atoms with Crippen molar-refractivity contribution in [1.29, 1.82) is 0 Å². The molecule has 1 saturated carbocycles. The van der Waals surface area contributed by atoms with Crippen LogP contribution in [0.25, 0.3) is 0 Å². The first kappa shape index (κ1) is 22.5. The van der Waals surface area contributed by atoms with Crippen molar-refractivity contribution in [3.63, 3.8) is 0 Å². The summed E-state index contributed by atoms with van der Waals surface area (Å²) < 4.78 is 35.1. The lowest BCUT2D eigenvalue weighted by molar-refractivity contribution is 0.0968. The number of hydrogen-bond acceptors (Lipinski definition) is 5. The number of rotatable bonds is 6. The van der Waals surface area contributed by atoms with E-state index in [4.69, 9.17) is 4.74 Å².